The van der Waals surface area contributed by atoms with E-state index in [0.29, 0.717) is 5.95 Å². The van der Waals surface area contributed by atoms with Gasteiger partial charge in [0.2, 0.25) is 5.95 Å². The molecular formula is C11H16N4OS2. The van der Waals surface area contributed by atoms with Gasteiger partial charge in [-0.05, 0) is 19.4 Å². The van der Waals surface area contributed by atoms with Crippen LogP contribution in [0.15, 0.2) is 11.1 Å². The van der Waals surface area contributed by atoms with Crippen molar-refractivity contribution in [1.82, 2.24) is 9.97 Å². The molecule has 3 N–H and O–H groups in total. The first-order chi connectivity index (χ1) is 8.74. The number of nitrogens with one attached hydrogen (secondary N) is 1. The number of thioether (sulfide) groups is 1. The summed E-state index contributed by atoms with van der Waals surface area (Å²) in [5.74, 6) is 6.84. The molecule has 0 saturated carbocycles. The van der Waals surface area contributed by atoms with Gasteiger partial charge in [-0.15, -0.1) is 23.1 Å². The second-order valence-electron chi connectivity index (χ2n) is 3.77. The van der Waals surface area contributed by atoms with Gasteiger partial charge in [0.05, 0.1) is 0 Å². The molecule has 0 unspecified atom stereocenters. The van der Waals surface area contributed by atoms with Crippen molar-refractivity contribution in [2.45, 2.75) is 18.4 Å². The van der Waals surface area contributed by atoms with Crippen LogP contribution in [0.2, 0.25) is 0 Å². The second kappa shape index (κ2) is 6.33. The summed E-state index contributed by atoms with van der Waals surface area (Å²) in [4.78, 5) is 11.0. The van der Waals surface area contributed by atoms with E-state index in [4.69, 9.17) is 10.6 Å². The number of rotatable bonds is 6. The van der Waals surface area contributed by atoms with Gasteiger partial charge in [-0.25, -0.2) is 15.8 Å². The Morgan fingerprint density at radius 1 is 1.50 bits per heavy atom. The maximum Gasteiger partial charge on any atom is 0.239 e. The quantitative estimate of drug-likeness (QED) is 0.279. The zero-order valence-corrected chi connectivity index (χ0v) is 12.0. The summed E-state index contributed by atoms with van der Waals surface area (Å²) in [6.07, 6.45) is 1.00. The monoisotopic (exact) mass is 284 g/mol. The minimum absolute atomic E-state index is 0.471. The van der Waals surface area contributed by atoms with E-state index in [2.05, 4.69) is 28.4 Å². The van der Waals surface area contributed by atoms with E-state index in [-0.39, 0.29) is 0 Å². The predicted molar refractivity (Wildman–Crippen MR) is 77.2 cm³/mol. The number of hydrogen-bond donors (Lipinski definition) is 2. The fourth-order valence-corrected chi connectivity index (χ4v) is 3.42. The molecule has 0 aliphatic carbocycles. The van der Waals surface area contributed by atoms with Crippen LogP contribution in [0.1, 0.15) is 11.3 Å². The van der Waals surface area contributed by atoms with Crippen LogP contribution in [0.3, 0.4) is 0 Å². The van der Waals surface area contributed by atoms with Crippen LogP contribution in [0, 0.1) is 6.92 Å². The normalized spacial score (nSPS) is 11.1. The van der Waals surface area contributed by atoms with Gasteiger partial charge in [-0.1, -0.05) is 0 Å². The van der Waals surface area contributed by atoms with E-state index in [9.17, 15) is 0 Å². The lowest BCUT2D eigenvalue weighted by molar-refractivity contribution is 0.200. The molecule has 18 heavy (non-hydrogen) atoms. The molecule has 0 spiro atoms. The summed E-state index contributed by atoms with van der Waals surface area (Å²) in [7, 11) is 1.71. The number of methoxy groups -OCH3 is 1. The van der Waals surface area contributed by atoms with Gasteiger partial charge in [0.15, 0.2) is 0 Å². The smallest absolute Gasteiger partial charge is 0.239 e. The highest BCUT2D eigenvalue weighted by Gasteiger charge is 2.10. The summed E-state index contributed by atoms with van der Waals surface area (Å²) in [5, 5.41) is 2.09. The van der Waals surface area contributed by atoms with Crippen LogP contribution in [-0.2, 0) is 4.74 Å². The number of nitrogen functional groups attached to an aromatic ring is 1. The third-order valence-electron chi connectivity index (χ3n) is 2.34. The molecule has 0 fully saturated rings. The van der Waals surface area contributed by atoms with Crippen LogP contribution < -0.4 is 11.3 Å². The van der Waals surface area contributed by atoms with Crippen molar-refractivity contribution >= 4 is 39.3 Å². The van der Waals surface area contributed by atoms with Crippen molar-refractivity contribution in [3.05, 3.63) is 10.9 Å². The Morgan fingerprint density at radius 3 is 3.06 bits per heavy atom. The van der Waals surface area contributed by atoms with Crippen molar-refractivity contribution in [3.8, 4) is 0 Å². The van der Waals surface area contributed by atoms with Crippen molar-refractivity contribution in [1.29, 1.82) is 0 Å². The number of nitrogens with two attached hydrogens (primary N) is 1. The Labute approximate surface area is 114 Å². The topological polar surface area (TPSA) is 73.1 Å². The van der Waals surface area contributed by atoms with Crippen LogP contribution in [0.4, 0.5) is 5.95 Å². The zero-order valence-electron chi connectivity index (χ0n) is 10.4. The lowest BCUT2D eigenvalue weighted by atomic mass is 10.4. The number of hydrazine groups is 1. The third-order valence-corrected chi connectivity index (χ3v) is 4.36. The maximum absolute atomic E-state index is 5.39. The number of hydrogen-bond acceptors (Lipinski definition) is 7. The molecule has 2 rings (SSSR count). The fourth-order valence-electron chi connectivity index (χ4n) is 1.56. The highest BCUT2D eigenvalue weighted by atomic mass is 32.2. The highest BCUT2D eigenvalue weighted by molar-refractivity contribution is 7.99. The summed E-state index contributed by atoms with van der Waals surface area (Å²) >= 11 is 3.37. The molecule has 2 aromatic rings. The van der Waals surface area contributed by atoms with Crippen LogP contribution >= 0.6 is 23.1 Å². The molecule has 0 atom stereocenters. The molecule has 0 radical (unpaired) electrons. The number of nitrogens with zero attached hydrogens (tertiary/aromatic N) is 2. The molecule has 0 aliphatic rings. The van der Waals surface area contributed by atoms with Gasteiger partial charge in [-0.2, -0.15) is 0 Å². The number of thiophene rings is 1. The SMILES string of the molecule is COCCCSc1nc(NN)nc2sc(C)cc12. The molecule has 7 heteroatoms. The van der Waals surface area contributed by atoms with Gasteiger partial charge in [0, 0.05) is 29.7 Å². The van der Waals surface area contributed by atoms with E-state index in [1.165, 1.54) is 4.88 Å². The molecule has 2 heterocycles. The van der Waals surface area contributed by atoms with Crippen molar-refractivity contribution in [2.24, 2.45) is 5.84 Å². The average Bonchev–Trinajstić information content (AvgIpc) is 2.74. The second-order valence-corrected chi connectivity index (χ2v) is 6.09. The highest BCUT2D eigenvalue weighted by Crippen LogP contribution is 2.32. The Hall–Kier alpha value is -0.890. The first-order valence-corrected chi connectivity index (χ1v) is 7.41. The van der Waals surface area contributed by atoms with E-state index in [1.54, 1.807) is 30.2 Å². The molecule has 0 aromatic carbocycles. The summed E-state index contributed by atoms with van der Waals surface area (Å²) in [5.41, 5.74) is 2.52. The minimum Gasteiger partial charge on any atom is -0.385 e. The lowest BCUT2D eigenvalue weighted by Gasteiger charge is -2.04. The van der Waals surface area contributed by atoms with E-state index >= 15 is 0 Å². The van der Waals surface area contributed by atoms with Gasteiger partial charge >= 0.3 is 0 Å². The summed E-state index contributed by atoms with van der Waals surface area (Å²) < 4.78 is 5.04. The molecule has 2 aromatic heterocycles. The Balaban J connectivity index is 2.23. The first-order valence-electron chi connectivity index (χ1n) is 5.61. The van der Waals surface area contributed by atoms with Gasteiger partial charge in [-0.3, -0.25) is 5.43 Å². The van der Waals surface area contributed by atoms with E-state index < -0.39 is 0 Å². The Bertz CT molecular complexity index is 529. The third kappa shape index (κ3) is 3.11. The maximum atomic E-state index is 5.39. The van der Waals surface area contributed by atoms with Crippen molar-refractivity contribution in [3.63, 3.8) is 0 Å². The number of anilines is 1. The van der Waals surface area contributed by atoms with Gasteiger partial charge in [0.25, 0.3) is 0 Å². The van der Waals surface area contributed by atoms with Crippen molar-refractivity contribution < 1.29 is 4.74 Å². The Morgan fingerprint density at radius 2 is 2.33 bits per heavy atom. The van der Waals surface area contributed by atoms with Gasteiger partial charge in [0.1, 0.15) is 9.86 Å². The average molecular weight is 284 g/mol. The lowest BCUT2D eigenvalue weighted by Crippen LogP contribution is -2.10. The Kier molecular flexibility index (Phi) is 4.76. The fraction of sp³-hybridized carbons (Fsp3) is 0.455. The van der Waals surface area contributed by atoms with Crippen LogP contribution in [0.25, 0.3) is 10.2 Å². The van der Waals surface area contributed by atoms with Gasteiger partial charge < -0.3 is 4.74 Å². The first kappa shape index (κ1) is 13.5. The number of fused-ring (bicyclic) bond motifs is 1. The van der Waals surface area contributed by atoms with Crippen LogP contribution in [0.5, 0.6) is 0 Å². The molecule has 0 amide bonds. The van der Waals surface area contributed by atoms with Crippen LogP contribution in [-0.4, -0.2) is 29.4 Å². The molecule has 98 valence electrons. The molecular weight excluding hydrogens is 268 g/mol. The minimum atomic E-state index is 0.471. The number of aromatic nitrogens is 2. The van der Waals surface area contributed by atoms with E-state index in [0.717, 1.165) is 34.0 Å². The molecule has 0 saturated heterocycles. The summed E-state index contributed by atoms with van der Waals surface area (Å²) in [6.45, 7) is 2.84. The zero-order chi connectivity index (χ0) is 13.0. The summed E-state index contributed by atoms with van der Waals surface area (Å²) in [6, 6.07) is 2.12. The van der Waals surface area contributed by atoms with Crippen molar-refractivity contribution in [2.75, 3.05) is 24.9 Å². The van der Waals surface area contributed by atoms with E-state index in [1.807, 2.05) is 0 Å². The molecule has 0 aliphatic heterocycles. The predicted octanol–water partition coefficient (Wildman–Crippen LogP) is 2.41. The standard InChI is InChI=1S/C11H16N4OS2/c1-7-6-8-9(17-5-3-4-16-2)13-11(15-12)14-10(8)18-7/h6H,3-5,12H2,1-2H3,(H,13,14,15). The molecule has 5 nitrogen and oxygen atoms in total. The largest absolute Gasteiger partial charge is 0.385 e. The number of aryl methyl sites for hydroxylation is 1. The molecule has 0 bridgehead atoms. The number of ether oxygens (including phenoxy) is 1.